The summed E-state index contributed by atoms with van der Waals surface area (Å²) < 4.78 is 55.5. The van der Waals surface area contributed by atoms with Gasteiger partial charge in [0.1, 0.15) is 0 Å². The zero-order valence-electron chi connectivity index (χ0n) is 6.95. The van der Waals surface area contributed by atoms with E-state index < -0.39 is 18.1 Å². The van der Waals surface area contributed by atoms with Gasteiger partial charge in [0.15, 0.2) is 0 Å². The predicted molar refractivity (Wildman–Crippen MR) is 26.6 cm³/mol. The van der Waals surface area contributed by atoms with Gasteiger partial charge in [0.2, 0.25) is 0 Å². The third-order valence-corrected chi connectivity index (χ3v) is 0.625. The van der Waals surface area contributed by atoms with Crippen LogP contribution in [0.25, 0.3) is 0 Å². The van der Waals surface area contributed by atoms with Gasteiger partial charge in [-0.25, -0.2) is 4.79 Å². The normalized spacial score (nSPS) is 12.1. The molecule has 2 nitrogen and oxygen atoms in total. The Morgan fingerprint density at radius 3 is 1.45 bits per heavy atom. The van der Waals surface area contributed by atoms with Crippen molar-refractivity contribution in [2.45, 2.75) is 12.1 Å². The molecule has 11 heavy (non-hydrogen) atoms. The summed E-state index contributed by atoms with van der Waals surface area (Å²) in [6.45, 7) is 0. The molecule has 0 fully saturated rings. The third-order valence-electron chi connectivity index (χ3n) is 0.625. The Morgan fingerprint density at radius 1 is 1.18 bits per heavy atom. The molecule has 64 valence electrons. The Balaban J connectivity index is -0.000000135. The molecule has 0 radical (unpaired) electrons. The van der Waals surface area contributed by atoms with Gasteiger partial charge in [-0.15, -0.1) is 0 Å². The van der Waals surface area contributed by atoms with Crippen LogP contribution in [-0.2, 0) is 4.79 Å². The van der Waals surface area contributed by atoms with Crippen LogP contribution < -0.4 is 0 Å². The first kappa shape index (κ1) is 14.1. The van der Waals surface area contributed by atoms with E-state index in [1.807, 2.05) is 0 Å². The molecule has 0 atom stereocenters. The summed E-state index contributed by atoms with van der Waals surface area (Å²) in [5, 5.41) is 7.31. The summed E-state index contributed by atoms with van der Waals surface area (Å²) in [5.41, 5.74) is 0. The van der Waals surface area contributed by atoms with Crippen molar-refractivity contribution in [2.75, 3.05) is 0 Å². The van der Waals surface area contributed by atoms with Crippen molar-refractivity contribution in [1.29, 1.82) is 0 Å². The van der Waals surface area contributed by atoms with Crippen molar-refractivity contribution in [3.8, 4) is 0 Å². The molecule has 0 aromatic rings. The number of carboxylic acids is 1. The van der Waals surface area contributed by atoms with Crippen LogP contribution in [-0.4, -0.2) is 68.7 Å². The van der Waals surface area contributed by atoms with Gasteiger partial charge in [0, 0.05) is 0 Å². The predicted octanol–water partition coefficient (Wildman–Crippen LogP) is 1.11. The molecule has 0 aliphatic rings. The summed E-state index contributed by atoms with van der Waals surface area (Å²) in [4.78, 5) is 9.20. The number of hydrogen-bond donors (Lipinski definition) is 1. The molecule has 0 amide bonds. The van der Waals surface area contributed by atoms with E-state index >= 15 is 0 Å². The van der Waals surface area contributed by atoms with Crippen LogP contribution in [0.3, 0.4) is 0 Å². The monoisotopic (exact) mass is 254 g/mol. The number of halogens is 5. The number of alkyl halides is 5. The molecule has 0 aromatic heterocycles. The fourth-order valence-electron chi connectivity index (χ4n) is 0.121. The molecule has 8 heteroatoms. The average molecular weight is 254 g/mol. The molecule has 0 saturated heterocycles. The van der Waals surface area contributed by atoms with Gasteiger partial charge in [-0.1, -0.05) is 0 Å². The van der Waals surface area contributed by atoms with Crippen molar-refractivity contribution >= 4 is 51.5 Å². The van der Waals surface area contributed by atoms with Gasteiger partial charge >= 0.3 is 63.5 Å². The zero-order chi connectivity index (χ0) is 8.58. The van der Waals surface area contributed by atoms with E-state index in [1.165, 1.54) is 0 Å². The van der Waals surface area contributed by atoms with E-state index in [0.717, 1.165) is 0 Å². The van der Waals surface area contributed by atoms with Crippen molar-refractivity contribution in [3.63, 3.8) is 0 Å². The molecule has 0 aliphatic heterocycles. The van der Waals surface area contributed by atoms with Gasteiger partial charge in [0.05, 0.1) is 0 Å². The molecule has 0 heterocycles. The SMILES string of the molecule is O=C(O)C(F)(F)C(F)(F)F.[H-].[H-].[Sr+2]. The van der Waals surface area contributed by atoms with Crippen molar-refractivity contribution in [1.82, 2.24) is 0 Å². The van der Waals surface area contributed by atoms with E-state index in [2.05, 4.69) is 0 Å². The van der Waals surface area contributed by atoms with E-state index in [-0.39, 0.29) is 48.3 Å². The molecular weight excluding hydrogens is 251 g/mol. The van der Waals surface area contributed by atoms with E-state index in [0.29, 0.717) is 0 Å². The van der Waals surface area contributed by atoms with E-state index in [9.17, 15) is 26.7 Å². The Kier molecular flexibility index (Phi) is 5.16. The smallest absolute Gasteiger partial charge is 1.00 e. The third kappa shape index (κ3) is 3.22. The van der Waals surface area contributed by atoms with Crippen molar-refractivity contribution in [3.05, 3.63) is 0 Å². The van der Waals surface area contributed by atoms with E-state index in [4.69, 9.17) is 5.11 Å². The molecule has 0 unspecified atom stereocenters. The standard InChI is InChI=1S/C3HF5O2.Sr.2H/c4-2(5,1(9)10)3(6,7)8;;;/h(H,9,10);;;/q;+2;2*-1. The Labute approximate surface area is 97.6 Å². The van der Waals surface area contributed by atoms with Crippen LogP contribution in [0.4, 0.5) is 22.0 Å². The largest absolute Gasteiger partial charge is 2.00 e. The molecule has 0 aromatic carbocycles. The molecule has 0 bridgehead atoms. The summed E-state index contributed by atoms with van der Waals surface area (Å²) in [6, 6.07) is 0. The van der Waals surface area contributed by atoms with Gasteiger partial charge in [-0.05, 0) is 0 Å². The maximum absolute atomic E-state index is 11.3. The maximum atomic E-state index is 11.3. The number of rotatable bonds is 1. The van der Waals surface area contributed by atoms with Crippen LogP contribution >= 0.6 is 0 Å². The molecule has 0 aliphatic carbocycles. The molecule has 0 saturated carbocycles. The summed E-state index contributed by atoms with van der Waals surface area (Å²) in [5.74, 6) is -8.84. The van der Waals surface area contributed by atoms with Crippen LogP contribution in [0.5, 0.6) is 0 Å². The Morgan fingerprint density at radius 2 is 1.45 bits per heavy atom. The second-order valence-electron chi connectivity index (χ2n) is 1.38. The summed E-state index contributed by atoms with van der Waals surface area (Å²) in [6.07, 6.45) is -6.02. The van der Waals surface area contributed by atoms with Crippen LogP contribution in [0.1, 0.15) is 2.85 Å². The Bertz CT molecular complexity index is 160. The maximum Gasteiger partial charge on any atom is 2.00 e. The second kappa shape index (κ2) is 4.01. The average Bonchev–Trinajstić information content (AvgIpc) is 1.62. The van der Waals surface area contributed by atoms with Crippen LogP contribution in [0.15, 0.2) is 0 Å². The van der Waals surface area contributed by atoms with Gasteiger partial charge < -0.3 is 7.96 Å². The minimum absolute atomic E-state index is 0. The topological polar surface area (TPSA) is 37.3 Å². The van der Waals surface area contributed by atoms with Gasteiger partial charge in [-0.2, -0.15) is 22.0 Å². The second-order valence-corrected chi connectivity index (χ2v) is 1.38. The van der Waals surface area contributed by atoms with Crippen molar-refractivity contribution < 1.29 is 34.7 Å². The summed E-state index contributed by atoms with van der Waals surface area (Å²) in [7, 11) is 0. The summed E-state index contributed by atoms with van der Waals surface area (Å²) >= 11 is 0. The van der Waals surface area contributed by atoms with Crippen molar-refractivity contribution in [2.24, 2.45) is 0 Å². The fourth-order valence-corrected chi connectivity index (χ4v) is 0.121. The number of hydrogen-bond acceptors (Lipinski definition) is 1. The van der Waals surface area contributed by atoms with Crippen LogP contribution in [0, 0.1) is 0 Å². The zero-order valence-corrected chi connectivity index (χ0v) is 8.43. The fraction of sp³-hybridized carbons (Fsp3) is 0.667. The first-order valence-electron chi connectivity index (χ1n) is 1.87. The van der Waals surface area contributed by atoms with Gasteiger partial charge in [-0.3, -0.25) is 0 Å². The minimum atomic E-state index is -6.02. The minimum Gasteiger partial charge on any atom is -1.00 e. The first-order valence-corrected chi connectivity index (χ1v) is 1.87. The van der Waals surface area contributed by atoms with Gasteiger partial charge in [0.25, 0.3) is 0 Å². The van der Waals surface area contributed by atoms with E-state index in [1.54, 1.807) is 0 Å². The molecule has 1 N–H and O–H groups in total. The van der Waals surface area contributed by atoms with Crippen LogP contribution in [0.2, 0.25) is 0 Å². The number of aliphatic carboxylic acids is 1. The first-order chi connectivity index (χ1) is 4.19. The number of carboxylic acid groups (broad SMARTS) is 1. The quantitative estimate of drug-likeness (QED) is 0.562. The molecule has 0 spiro atoms. The Hall–Kier alpha value is 0.601. The molecule has 0 rings (SSSR count). The molecular formula is C3H3F5O2Sr. The number of carbonyl (C=O) groups is 1.